The number of aromatic nitrogens is 3. The molecule has 8 nitrogen and oxygen atoms in total. The maximum atomic E-state index is 16.6. The Hall–Kier alpha value is -3.70. The molecule has 2 aromatic carbocycles. The first-order valence-corrected chi connectivity index (χ1v) is 14.6. The van der Waals surface area contributed by atoms with Crippen LogP contribution in [0.1, 0.15) is 38.2 Å². The average molecular weight is 579 g/mol. The number of phenolic OH excluding ortho intramolecular Hbond substituents is 1. The molecule has 5 heterocycles. The molecule has 42 heavy (non-hydrogen) atoms. The van der Waals surface area contributed by atoms with Gasteiger partial charge in [-0.2, -0.15) is 9.97 Å². The number of pyridine rings is 1. The lowest BCUT2D eigenvalue weighted by Crippen LogP contribution is -2.43. The Kier molecular flexibility index (Phi) is 6.62. The number of aromatic hydroxyl groups is 1. The highest BCUT2D eigenvalue weighted by molar-refractivity contribution is 6.01. The molecular formula is C31H33F3N6O2. The topological polar surface area (TPSA) is 101 Å². The van der Waals surface area contributed by atoms with Crippen molar-refractivity contribution in [1.29, 1.82) is 0 Å². The lowest BCUT2D eigenvalue weighted by Gasteiger charge is -2.31. The monoisotopic (exact) mass is 578 g/mol. The van der Waals surface area contributed by atoms with Crippen molar-refractivity contribution in [3.05, 3.63) is 47.7 Å². The number of hydrogen-bond acceptors (Lipinski definition) is 8. The molecule has 4 aromatic rings. The Morgan fingerprint density at radius 3 is 2.81 bits per heavy atom. The van der Waals surface area contributed by atoms with Crippen LogP contribution >= 0.6 is 0 Å². The number of fused-ring (bicyclic) bond motifs is 3. The van der Waals surface area contributed by atoms with E-state index in [9.17, 15) is 13.9 Å². The molecule has 3 aliphatic heterocycles. The van der Waals surface area contributed by atoms with Gasteiger partial charge in [0, 0.05) is 43.9 Å². The molecule has 1 unspecified atom stereocenters. The first kappa shape index (κ1) is 27.2. The number of hydrogen-bond donors (Lipinski definition) is 2. The van der Waals surface area contributed by atoms with Gasteiger partial charge in [0.1, 0.15) is 41.4 Å². The molecule has 0 bridgehead atoms. The smallest absolute Gasteiger partial charge is 0.319 e. The van der Waals surface area contributed by atoms with E-state index in [1.807, 2.05) is 11.8 Å². The second kappa shape index (κ2) is 10.2. The fraction of sp³-hybridized carbons (Fsp3) is 0.452. The minimum Gasteiger partial charge on any atom is -0.508 e. The van der Waals surface area contributed by atoms with Crippen LogP contribution in [-0.4, -0.2) is 75.5 Å². The van der Waals surface area contributed by atoms with Crippen molar-refractivity contribution < 1.29 is 23.0 Å². The largest absolute Gasteiger partial charge is 0.508 e. The highest BCUT2D eigenvalue weighted by Gasteiger charge is 2.49. The normalized spacial score (nSPS) is 24.3. The predicted octanol–water partition coefficient (Wildman–Crippen LogP) is 4.88. The fourth-order valence-electron chi connectivity index (χ4n) is 7.17. The summed E-state index contributed by atoms with van der Waals surface area (Å²) in [5, 5.41) is 12.0. The molecule has 220 valence electrons. The summed E-state index contributed by atoms with van der Waals surface area (Å²) < 4.78 is 52.0. The zero-order valence-electron chi connectivity index (χ0n) is 23.4. The van der Waals surface area contributed by atoms with Crippen molar-refractivity contribution in [2.75, 3.05) is 37.7 Å². The van der Waals surface area contributed by atoms with Crippen LogP contribution in [0.25, 0.3) is 32.9 Å². The van der Waals surface area contributed by atoms with Crippen molar-refractivity contribution in [3.63, 3.8) is 0 Å². The first-order valence-electron chi connectivity index (χ1n) is 14.6. The molecule has 0 aliphatic carbocycles. The standard InChI is InChI=1S/C31H33F3N6O2/c1-2-21-24(33)5-4-17-10-20(41)11-22(25(17)21)27-26(34)28-23(13-36-27)29(39-9-6-19(35)15-39)38-30(37-28)42-16-31-7-3-8-40(31)14-18(32)12-31/h4-5,10-11,13,18-19,41H,2-3,6-9,12,14-16,35H2,1H3/t18-,19?,31+/m1/s1. The Morgan fingerprint density at radius 1 is 1.17 bits per heavy atom. The molecule has 0 amide bonds. The maximum Gasteiger partial charge on any atom is 0.319 e. The van der Waals surface area contributed by atoms with Crippen molar-refractivity contribution in [3.8, 4) is 23.0 Å². The average Bonchev–Trinajstić information content (AvgIpc) is 3.65. The van der Waals surface area contributed by atoms with E-state index >= 15 is 4.39 Å². The number of anilines is 1. The number of benzene rings is 2. The number of halogens is 3. The Labute approximate surface area is 241 Å². The third-order valence-corrected chi connectivity index (χ3v) is 9.16. The SMILES string of the molecule is CCc1c(F)ccc2cc(O)cc(-c3ncc4c(N5CCC(N)C5)nc(OC[C@@]56CCCN5C[C@H](F)C6)nc4c3F)c12. The quantitative estimate of drug-likeness (QED) is 0.334. The van der Waals surface area contributed by atoms with E-state index in [4.69, 9.17) is 10.5 Å². The lowest BCUT2D eigenvalue weighted by molar-refractivity contribution is 0.107. The number of aryl methyl sites for hydroxylation is 1. The van der Waals surface area contributed by atoms with E-state index in [2.05, 4.69) is 19.9 Å². The molecule has 0 saturated carbocycles. The third kappa shape index (κ3) is 4.41. The molecule has 0 spiro atoms. The molecule has 3 N–H and O–H groups in total. The number of phenols is 1. The van der Waals surface area contributed by atoms with E-state index < -0.39 is 23.3 Å². The lowest BCUT2D eigenvalue weighted by atomic mass is 9.94. The van der Waals surface area contributed by atoms with Crippen LogP contribution in [0.15, 0.2) is 30.5 Å². The third-order valence-electron chi connectivity index (χ3n) is 9.16. The number of nitrogens with zero attached hydrogens (tertiary/aromatic N) is 5. The van der Waals surface area contributed by atoms with Crippen LogP contribution in [0.4, 0.5) is 19.0 Å². The summed E-state index contributed by atoms with van der Waals surface area (Å²) in [4.78, 5) is 17.8. The fourth-order valence-corrected chi connectivity index (χ4v) is 7.17. The maximum absolute atomic E-state index is 16.6. The van der Waals surface area contributed by atoms with Crippen LogP contribution in [0, 0.1) is 11.6 Å². The molecule has 11 heteroatoms. The zero-order chi connectivity index (χ0) is 29.2. The molecule has 2 aromatic heterocycles. The van der Waals surface area contributed by atoms with Gasteiger partial charge in [-0.1, -0.05) is 13.0 Å². The van der Waals surface area contributed by atoms with Gasteiger partial charge in [-0.05, 0) is 66.8 Å². The van der Waals surface area contributed by atoms with Gasteiger partial charge in [-0.15, -0.1) is 0 Å². The molecular weight excluding hydrogens is 545 g/mol. The van der Waals surface area contributed by atoms with E-state index in [0.29, 0.717) is 60.0 Å². The van der Waals surface area contributed by atoms with Gasteiger partial charge in [-0.25, -0.2) is 13.2 Å². The van der Waals surface area contributed by atoms with Crippen LogP contribution in [0.3, 0.4) is 0 Å². The second-order valence-corrected chi connectivity index (χ2v) is 11.8. The zero-order valence-corrected chi connectivity index (χ0v) is 23.4. The van der Waals surface area contributed by atoms with Crippen molar-refractivity contribution in [1.82, 2.24) is 19.9 Å². The van der Waals surface area contributed by atoms with Crippen molar-refractivity contribution in [2.45, 2.75) is 56.8 Å². The minimum atomic E-state index is -0.908. The van der Waals surface area contributed by atoms with Crippen LogP contribution in [0.2, 0.25) is 0 Å². The van der Waals surface area contributed by atoms with Gasteiger partial charge in [0.05, 0.1) is 10.9 Å². The summed E-state index contributed by atoms with van der Waals surface area (Å²) in [6, 6.07) is 5.78. The van der Waals surface area contributed by atoms with Gasteiger partial charge in [0.15, 0.2) is 5.82 Å². The Balaban J connectivity index is 1.37. The summed E-state index contributed by atoms with van der Waals surface area (Å²) in [6.07, 6.45) is 3.90. The highest BCUT2D eigenvalue weighted by atomic mass is 19.1. The molecule has 0 radical (unpaired) electrons. The predicted molar refractivity (Wildman–Crippen MR) is 155 cm³/mol. The van der Waals surface area contributed by atoms with Gasteiger partial charge in [0.25, 0.3) is 0 Å². The summed E-state index contributed by atoms with van der Waals surface area (Å²) in [7, 11) is 0. The van der Waals surface area contributed by atoms with Crippen molar-refractivity contribution >= 4 is 27.5 Å². The van der Waals surface area contributed by atoms with Crippen LogP contribution < -0.4 is 15.4 Å². The first-order chi connectivity index (χ1) is 20.3. The molecule has 3 atom stereocenters. The van der Waals surface area contributed by atoms with E-state index in [0.717, 1.165) is 25.8 Å². The van der Waals surface area contributed by atoms with E-state index in [1.165, 1.54) is 24.4 Å². The van der Waals surface area contributed by atoms with Gasteiger partial charge in [0.2, 0.25) is 0 Å². The number of alkyl halides is 1. The van der Waals surface area contributed by atoms with Crippen LogP contribution in [0.5, 0.6) is 11.8 Å². The van der Waals surface area contributed by atoms with Gasteiger partial charge >= 0.3 is 6.01 Å². The Bertz CT molecular complexity index is 1700. The summed E-state index contributed by atoms with van der Waals surface area (Å²) in [5.41, 5.74) is 6.39. The van der Waals surface area contributed by atoms with Crippen molar-refractivity contribution in [2.24, 2.45) is 5.73 Å². The minimum absolute atomic E-state index is 0.00128. The highest BCUT2D eigenvalue weighted by Crippen LogP contribution is 2.42. The Morgan fingerprint density at radius 2 is 2.02 bits per heavy atom. The number of ether oxygens (including phenoxy) is 1. The van der Waals surface area contributed by atoms with Gasteiger partial charge in [-0.3, -0.25) is 9.88 Å². The van der Waals surface area contributed by atoms with E-state index in [-0.39, 0.29) is 41.2 Å². The molecule has 3 fully saturated rings. The second-order valence-electron chi connectivity index (χ2n) is 11.8. The number of nitrogens with two attached hydrogens (primary N) is 1. The van der Waals surface area contributed by atoms with Gasteiger partial charge < -0.3 is 20.5 Å². The van der Waals surface area contributed by atoms with Crippen LogP contribution in [-0.2, 0) is 6.42 Å². The summed E-state index contributed by atoms with van der Waals surface area (Å²) in [6.45, 7) is 4.40. The molecule has 3 saturated heterocycles. The van der Waals surface area contributed by atoms with E-state index in [1.54, 1.807) is 6.07 Å². The number of rotatable bonds is 6. The summed E-state index contributed by atoms with van der Waals surface area (Å²) >= 11 is 0. The molecule has 3 aliphatic rings. The molecule has 7 rings (SSSR count). The summed E-state index contributed by atoms with van der Waals surface area (Å²) in [5.74, 6) is -0.758.